The second-order valence-corrected chi connectivity index (χ2v) is 8.04. The van der Waals surface area contributed by atoms with E-state index < -0.39 is 12.3 Å². The van der Waals surface area contributed by atoms with Crippen molar-refractivity contribution in [3.63, 3.8) is 0 Å². The van der Waals surface area contributed by atoms with E-state index in [0.717, 1.165) is 30.9 Å². The lowest BCUT2D eigenvalue weighted by Gasteiger charge is -2.34. The first-order chi connectivity index (χ1) is 15.8. The summed E-state index contributed by atoms with van der Waals surface area (Å²) >= 11 is 0. The van der Waals surface area contributed by atoms with Gasteiger partial charge in [-0.1, -0.05) is 0 Å². The van der Waals surface area contributed by atoms with Crippen LogP contribution in [0.4, 0.5) is 24.7 Å². The van der Waals surface area contributed by atoms with Crippen LogP contribution in [0.5, 0.6) is 5.75 Å². The topological polar surface area (TPSA) is 106 Å². The lowest BCUT2D eigenvalue weighted by molar-refractivity contribution is -0.274. The SMILES string of the molecule is N[C@@H]1C2C[C@H]1CN2c1ncc(C(=O)Nc2ccc(OC(F)(F)F)cc2)cc1-c1cncnc1. The fourth-order valence-electron chi connectivity index (χ4n) is 4.31. The van der Waals surface area contributed by atoms with E-state index in [0.29, 0.717) is 22.7 Å². The van der Waals surface area contributed by atoms with E-state index in [-0.39, 0.29) is 23.4 Å². The number of benzene rings is 1. The molecule has 4 heterocycles. The molecule has 1 aliphatic carbocycles. The maximum Gasteiger partial charge on any atom is 0.573 e. The fourth-order valence-corrected chi connectivity index (χ4v) is 4.31. The maximum atomic E-state index is 12.8. The molecule has 11 heteroatoms. The number of nitrogens with one attached hydrogen (secondary N) is 1. The largest absolute Gasteiger partial charge is 0.573 e. The summed E-state index contributed by atoms with van der Waals surface area (Å²) in [4.78, 5) is 27.7. The molecule has 8 nitrogen and oxygen atoms in total. The number of carbonyl (C=O) groups is 1. The average Bonchev–Trinajstić information content (AvgIpc) is 3.39. The van der Waals surface area contributed by atoms with E-state index in [2.05, 4.69) is 29.9 Å². The summed E-state index contributed by atoms with van der Waals surface area (Å²) in [6.07, 6.45) is 2.42. The Bertz CT molecular complexity index is 1170. The van der Waals surface area contributed by atoms with E-state index in [1.54, 1.807) is 18.5 Å². The number of ether oxygens (including phenoxy) is 1. The molecule has 170 valence electrons. The van der Waals surface area contributed by atoms with E-state index >= 15 is 0 Å². The molecule has 3 aromatic rings. The van der Waals surface area contributed by atoms with Gasteiger partial charge < -0.3 is 20.7 Å². The second kappa shape index (κ2) is 8.00. The van der Waals surface area contributed by atoms with Gasteiger partial charge in [-0.05, 0) is 42.7 Å². The summed E-state index contributed by atoms with van der Waals surface area (Å²) in [7, 11) is 0. The van der Waals surface area contributed by atoms with E-state index in [9.17, 15) is 18.0 Å². The molecule has 0 radical (unpaired) electrons. The molecule has 1 unspecified atom stereocenters. The number of nitrogens with zero attached hydrogens (tertiary/aromatic N) is 4. The fraction of sp³-hybridized carbons (Fsp3) is 0.273. The smallest absolute Gasteiger partial charge is 0.406 e. The van der Waals surface area contributed by atoms with Crippen molar-refractivity contribution in [2.45, 2.75) is 24.9 Å². The highest BCUT2D eigenvalue weighted by molar-refractivity contribution is 6.05. The highest BCUT2D eigenvalue weighted by Gasteiger charge is 2.51. The molecule has 1 amide bonds. The zero-order chi connectivity index (χ0) is 23.2. The monoisotopic (exact) mass is 456 g/mol. The molecule has 33 heavy (non-hydrogen) atoms. The lowest BCUT2D eigenvalue weighted by atomic mass is 9.81. The first kappa shape index (κ1) is 21.1. The molecule has 2 aliphatic heterocycles. The third-order valence-corrected chi connectivity index (χ3v) is 5.98. The third kappa shape index (κ3) is 4.19. The number of hydrogen-bond acceptors (Lipinski definition) is 7. The van der Waals surface area contributed by atoms with Crippen molar-refractivity contribution < 1.29 is 22.7 Å². The van der Waals surface area contributed by atoms with Crippen molar-refractivity contribution in [1.29, 1.82) is 0 Å². The second-order valence-electron chi connectivity index (χ2n) is 8.04. The van der Waals surface area contributed by atoms with Gasteiger partial charge in [0.25, 0.3) is 5.91 Å². The van der Waals surface area contributed by atoms with Crippen LogP contribution in [0.3, 0.4) is 0 Å². The first-order valence-electron chi connectivity index (χ1n) is 10.2. The third-order valence-electron chi connectivity index (χ3n) is 5.98. The minimum absolute atomic E-state index is 0.110. The predicted octanol–water partition coefficient (Wildman–Crippen LogP) is 3.23. The Labute approximate surface area is 186 Å². The number of anilines is 2. The van der Waals surface area contributed by atoms with Gasteiger partial charge in [0.1, 0.15) is 17.9 Å². The quantitative estimate of drug-likeness (QED) is 0.607. The summed E-state index contributed by atoms with van der Waals surface area (Å²) in [6.45, 7) is 0.803. The van der Waals surface area contributed by atoms with Crippen LogP contribution in [0.25, 0.3) is 11.1 Å². The summed E-state index contributed by atoms with van der Waals surface area (Å²) in [5.74, 6) is 0.318. The van der Waals surface area contributed by atoms with Gasteiger partial charge in [0.15, 0.2) is 0 Å². The molecule has 2 bridgehead atoms. The maximum absolute atomic E-state index is 12.8. The Kier molecular flexibility index (Phi) is 5.12. The van der Waals surface area contributed by atoms with Crippen molar-refractivity contribution in [1.82, 2.24) is 15.0 Å². The number of carbonyl (C=O) groups excluding carboxylic acids is 1. The van der Waals surface area contributed by atoms with Gasteiger partial charge in [-0.25, -0.2) is 15.0 Å². The van der Waals surface area contributed by atoms with Crippen molar-refractivity contribution in [2.75, 3.05) is 16.8 Å². The number of nitrogens with two attached hydrogens (primary N) is 1. The molecule has 3 atom stereocenters. The summed E-state index contributed by atoms with van der Waals surface area (Å²) in [5.41, 5.74) is 8.23. The van der Waals surface area contributed by atoms with Crippen LogP contribution in [0.1, 0.15) is 16.8 Å². The molecular formula is C22H19F3N6O2. The van der Waals surface area contributed by atoms with Crippen LogP contribution in [0, 0.1) is 5.92 Å². The highest BCUT2D eigenvalue weighted by Crippen LogP contribution is 2.44. The molecular weight excluding hydrogens is 437 g/mol. The molecule has 1 saturated carbocycles. The highest BCUT2D eigenvalue weighted by atomic mass is 19.4. The van der Waals surface area contributed by atoms with Crippen LogP contribution in [0.15, 0.2) is 55.2 Å². The number of alkyl halides is 3. The standard InChI is InChI=1S/C22H19F3N6O2/c23-22(24,25)33-16-3-1-15(2-4-16)30-21(32)12-5-17(14-7-27-11-28-8-14)20(29-9-12)31-10-13-6-18(31)19(13)26/h1-5,7-9,11,13,18-19H,6,10,26H2,(H,30,32)/t13-,18?,19-/m0/s1. The molecule has 0 spiro atoms. The van der Waals surface area contributed by atoms with E-state index in [1.807, 2.05) is 0 Å². The summed E-state index contributed by atoms with van der Waals surface area (Å²) < 4.78 is 40.8. The van der Waals surface area contributed by atoms with Crippen molar-refractivity contribution in [3.8, 4) is 16.9 Å². The number of hydrogen-bond donors (Lipinski definition) is 2. The molecule has 3 fully saturated rings. The Morgan fingerprint density at radius 3 is 2.48 bits per heavy atom. The van der Waals surface area contributed by atoms with Crippen LogP contribution in [-0.2, 0) is 0 Å². The summed E-state index contributed by atoms with van der Waals surface area (Å²) in [6, 6.07) is 6.93. The number of halogens is 3. The molecule has 1 aromatic carbocycles. The number of pyridine rings is 1. The lowest BCUT2D eigenvalue weighted by Crippen LogP contribution is -2.49. The van der Waals surface area contributed by atoms with Crippen LogP contribution in [0.2, 0.25) is 0 Å². The van der Waals surface area contributed by atoms with Crippen molar-refractivity contribution in [3.05, 3.63) is 60.8 Å². The molecule has 2 aromatic heterocycles. The van der Waals surface area contributed by atoms with Crippen LogP contribution >= 0.6 is 0 Å². The number of amides is 1. The predicted molar refractivity (Wildman–Crippen MR) is 114 cm³/mol. The van der Waals surface area contributed by atoms with Crippen LogP contribution in [-0.4, -0.2) is 45.8 Å². The Morgan fingerprint density at radius 1 is 1.15 bits per heavy atom. The molecule has 3 aliphatic rings. The Hall–Kier alpha value is -3.73. The Balaban J connectivity index is 1.40. The van der Waals surface area contributed by atoms with Gasteiger partial charge in [0, 0.05) is 54.0 Å². The van der Waals surface area contributed by atoms with Gasteiger partial charge in [-0.3, -0.25) is 4.79 Å². The van der Waals surface area contributed by atoms with E-state index in [4.69, 9.17) is 5.73 Å². The first-order valence-corrected chi connectivity index (χ1v) is 10.2. The van der Waals surface area contributed by atoms with E-state index in [1.165, 1.54) is 24.7 Å². The van der Waals surface area contributed by atoms with Gasteiger partial charge in [0.2, 0.25) is 0 Å². The molecule has 3 N–H and O–H groups in total. The zero-order valence-electron chi connectivity index (χ0n) is 17.2. The number of fused-ring (bicyclic) bond motifs is 1. The summed E-state index contributed by atoms with van der Waals surface area (Å²) in [5, 5.41) is 2.66. The Morgan fingerprint density at radius 2 is 1.88 bits per heavy atom. The van der Waals surface area contributed by atoms with Gasteiger partial charge in [0.05, 0.1) is 5.56 Å². The number of aromatic nitrogens is 3. The average molecular weight is 456 g/mol. The van der Waals surface area contributed by atoms with Gasteiger partial charge >= 0.3 is 6.36 Å². The number of rotatable bonds is 5. The van der Waals surface area contributed by atoms with Gasteiger partial charge in [-0.2, -0.15) is 0 Å². The normalized spacial score (nSPS) is 21.5. The van der Waals surface area contributed by atoms with Crippen molar-refractivity contribution >= 4 is 17.4 Å². The minimum atomic E-state index is -4.78. The zero-order valence-corrected chi connectivity index (χ0v) is 17.2. The van der Waals surface area contributed by atoms with Gasteiger partial charge in [-0.15, -0.1) is 13.2 Å². The van der Waals surface area contributed by atoms with Crippen LogP contribution < -0.4 is 20.7 Å². The minimum Gasteiger partial charge on any atom is -0.406 e. The molecule has 2 saturated heterocycles. The van der Waals surface area contributed by atoms with Crippen molar-refractivity contribution in [2.24, 2.45) is 11.7 Å². The molecule has 6 rings (SSSR count).